The molecule has 0 saturated heterocycles. The van der Waals surface area contributed by atoms with Gasteiger partial charge in [-0.15, -0.1) is 0 Å². The highest BCUT2D eigenvalue weighted by Gasteiger charge is 2.22. The molecule has 0 atom stereocenters. The number of nitrogens with zero attached hydrogens (tertiary/aromatic N) is 3. The molecule has 0 spiro atoms. The summed E-state index contributed by atoms with van der Waals surface area (Å²) >= 11 is 0. The second-order valence-electron chi connectivity index (χ2n) is 6.45. The van der Waals surface area contributed by atoms with Crippen LogP contribution < -0.4 is 10.5 Å². The third-order valence-electron chi connectivity index (χ3n) is 4.35. The number of rotatable bonds is 7. The van der Waals surface area contributed by atoms with Crippen LogP contribution in [0.5, 0.6) is 5.75 Å². The second kappa shape index (κ2) is 8.65. The van der Waals surface area contributed by atoms with Gasteiger partial charge in [0.25, 0.3) is 5.91 Å². The predicted octanol–water partition coefficient (Wildman–Crippen LogP) is 3.55. The first kappa shape index (κ1) is 19.7. The Labute approximate surface area is 155 Å². The van der Waals surface area contributed by atoms with Crippen LogP contribution in [0.3, 0.4) is 0 Å². The highest BCUT2D eigenvalue weighted by Crippen LogP contribution is 2.27. The van der Waals surface area contributed by atoms with Crippen LogP contribution in [0.4, 0.5) is 5.95 Å². The number of ether oxygens (including phenoxy) is 1. The number of hydrogen-bond donors (Lipinski definition) is 1. The fraction of sp³-hybridized carbons (Fsp3) is 0.450. The number of hydrogen-bond acceptors (Lipinski definition) is 5. The molecule has 0 saturated carbocycles. The summed E-state index contributed by atoms with van der Waals surface area (Å²) in [6.45, 7) is 11.3. The van der Waals surface area contributed by atoms with Crippen molar-refractivity contribution in [1.29, 1.82) is 0 Å². The zero-order chi connectivity index (χ0) is 19.3. The topological polar surface area (TPSA) is 81.3 Å². The molecule has 0 bridgehead atoms. The molecule has 6 heteroatoms. The van der Waals surface area contributed by atoms with Crippen molar-refractivity contribution in [3.05, 3.63) is 46.8 Å². The van der Waals surface area contributed by atoms with Crippen molar-refractivity contribution in [1.82, 2.24) is 14.9 Å². The van der Waals surface area contributed by atoms with Crippen LogP contribution in [-0.2, 0) is 6.61 Å². The smallest absolute Gasteiger partial charge is 0.257 e. The molecule has 6 nitrogen and oxygen atoms in total. The van der Waals surface area contributed by atoms with Crippen LogP contribution in [0.1, 0.15) is 60.9 Å². The Bertz CT molecular complexity index is 770. The van der Waals surface area contributed by atoms with E-state index in [9.17, 15) is 4.79 Å². The Morgan fingerprint density at radius 2 is 1.85 bits per heavy atom. The summed E-state index contributed by atoms with van der Waals surface area (Å²) in [5, 5.41) is 0. The van der Waals surface area contributed by atoms with Crippen molar-refractivity contribution < 1.29 is 9.53 Å². The lowest BCUT2D eigenvalue weighted by Gasteiger charge is -2.21. The van der Waals surface area contributed by atoms with Crippen molar-refractivity contribution in [2.75, 3.05) is 18.8 Å². The Morgan fingerprint density at radius 3 is 2.46 bits per heavy atom. The fourth-order valence-electron chi connectivity index (χ4n) is 2.94. The maximum absolute atomic E-state index is 12.9. The molecule has 1 aromatic carbocycles. The highest BCUT2D eigenvalue weighted by molar-refractivity contribution is 5.96. The average Bonchev–Trinajstić information content (AvgIpc) is 2.60. The first-order valence-electron chi connectivity index (χ1n) is 9.02. The van der Waals surface area contributed by atoms with Crippen LogP contribution >= 0.6 is 0 Å². The number of nitrogen functional groups attached to an aromatic ring is 1. The van der Waals surface area contributed by atoms with Crippen molar-refractivity contribution in [2.24, 2.45) is 0 Å². The van der Waals surface area contributed by atoms with Gasteiger partial charge in [0.15, 0.2) is 0 Å². The molecule has 1 amide bonds. The minimum atomic E-state index is -0.0942. The minimum absolute atomic E-state index is 0.0942. The SMILES string of the molecule is CCN(CC)C(=O)c1c(C)nc(N)nc1COc1ccccc1C(C)C. The lowest BCUT2D eigenvalue weighted by atomic mass is 10.0. The third kappa shape index (κ3) is 4.31. The summed E-state index contributed by atoms with van der Waals surface area (Å²) in [6, 6.07) is 7.90. The first-order chi connectivity index (χ1) is 12.4. The molecule has 2 aromatic rings. The summed E-state index contributed by atoms with van der Waals surface area (Å²) in [5.41, 5.74) is 8.50. The van der Waals surface area contributed by atoms with Gasteiger partial charge in [0.05, 0.1) is 17.0 Å². The van der Waals surface area contributed by atoms with Gasteiger partial charge in [0.2, 0.25) is 5.95 Å². The molecule has 26 heavy (non-hydrogen) atoms. The molecule has 1 aromatic heterocycles. The predicted molar refractivity (Wildman–Crippen MR) is 103 cm³/mol. The highest BCUT2D eigenvalue weighted by atomic mass is 16.5. The molecule has 0 unspecified atom stereocenters. The van der Waals surface area contributed by atoms with E-state index < -0.39 is 0 Å². The van der Waals surface area contributed by atoms with E-state index >= 15 is 0 Å². The maximum Gasteiger partial charge on any atom is 0.257 e. The zero-order valence-corrected chi connectivity index (χ0v) is 16.2. The van der Waals surface area contributed by atoms with E-state index in [4.69, 9.17) is 10.5 Å². The normalized spacial score (nSPS) is 10.8. The number of amides is 1. The van der Waals surface area contributed by atoms with Gasteiger partial charge in [0, 0.05) is 13.1 Å². The van der Waals surface area contributed by atoms with E-state index in [-0.39, 0.29) is 18.5 Å². The van der Waals surface area contributed by atoms with Gasteiger partial charge < -0.3 is 15.4 Å². The standard InChI is InChI=1S/C20H28N4O2/c1-6-24(7-2)19(25)18-14(5)22-20(21)23-16(18)12-26-17-11-9-8-10-15(17)13(3)4/h8-11,13H,6-7,12H2,1-5H3,(H2,21,22,23). The van der Waals surface area contributed by atoms with Crippen LogP contribution in [0.2, 0.25) is 0 Å². The number of aryl methyl sites for hydroxylation is 1. The van der Waals surface area contributed by atoms with Crippen molar-refractivity contribution >= 4 is 11.9 Å². The Hall–Kier alpha value is -2.63. The minimum Gasteiger partial charge on any atom is -0.487 e. The number of aromatic nitrogens is 2. The number of nitrogens with two attached hydrogens (primary N) is 1. The Balaban J connectivity index is 2.36. The monoisotopic (exact) mass is 356 g/mol. The van der Waals surface area contributed by atoms with Gasteiger partial charge in [-0.25, -0.2) is 9.97 Å². The number of carbonyl (C=O) groups is 1. The molecular formula is C20H28N4O2. The molecule has 0 aliphatic carbocycles. The van der Waals surface area contributed by atoms with E-state index in [1.165, 1.54) is 0 Å². The van der Waals surface area contributed by atoms with Gasteiger partial charge >= 0.3 is 0 Å². The third-order valence-corrected chi connectivity index (χ3v) is 4.35. The van der Waals surface area contributed by atoms with Gasteiger partial charge in [-0.3, -0.25) is 4.79 Å². The van der Waals surface area contributed by atoms with Crippen LogP contribution in [0.25, 0.3) is 0 Å². The quantitative estimate of drug-likeness (QED) is 0.820. The molecular weight excluding hydrogens is 328 g/mol. The van der Waals surface area contributed by atoms with Crippen LogP contribution in [0, 0.1) is 6.92 Å². The zero-order valence-electron chi connectivity index (χ0n) is 16.2. The van der Waals surface area contributed by atoms with E-state index in [1.54, 1.807) is 11.8 Å². The van der Waals surface area contributed by atoms with E-state index in [1.807, 2.05) is 38.1 Å². The number of anilines is 1. The van der Waals surface area contributed by atoms with Crippen LogP contribution in [-0.4, -0.2) is 33.9 Å². The molecule has 2 N–H and O–H groups in total. The Kier molecular flexibility index (Phi) is 6.55. The van der Waals surface area contributed by atoms with Crippen molar-refractivity contribution in [3.8, 4) is 5.75 Å². The average molecular weight is 356 g/mol. The lowest BCUT2D eigenvalue weighted by molar-refractivity contribution is 0.0768. The summed E-state index contributed by atoms with van der Waals surface area (Å²) < 4.78 is 6.02. The molecule has 1 heterocycles. The Morgan fingerprint density at radius 1 is 1.19 bits per heavy atom. The summed E-state index contributed by atoms with van der Waals surface area (Å²) in [5.74, 6) is 1.18. The summed E-state index contributed by atoms with van der Waals surface area (Å²) in [7, 11) is 0. The maximum atomic E-state index is 12.9. The molecule has 0 radical (unpaired) electrons. The van der Waals surface area contributed by atoms with Crippen LogP contribution in [0.15, 0.2) is 24.3 Å². The number of carbonyl (C=O) groups excluding carboxylic acids is 1. The summed E-state index contributed by atoms with van der Waals surface area (Å²) in [6.07, 6.45) is 0. The lowest BCUT2D eigenvalue weighted by Crippen LogP contribution is -2.32. The van der Waals surface area contributed by atoms with E-state index in [0.29, 0.717) is 36.0 Å². The summed E-state index contributed by atoms with van der Waals surface area (Å²) in [4.78, 5) is 23.1. The molecule has 0 aliphatic rings. The number of benzene rings is 1. The molecule has 2 rings (SSSR count). The largest absolute Gasteiger partial charge is 0.487 e. The molecule has 0 aliphatic heterocycles. The van der Waals surface area contributed by atoms with Crippen molar-refractivity contribution in [2.45, 2.75) is 47.1 Å². The molecule has 140 valence electrons. The van der Waals surface area contributed by atoms with Gasteiger partial charge in [-0.1, -0.05) is 32.0 Å². The molecule has 0 fully saturated rings. The fourth-order valence-corrected chi connectivity index (χ4v) is 2.94. The second-order valence-corrected chi connectivity index (χ2v) is 6.45. The number of para-hydroxylation sites is 1. The first-order valence-corrected chi connectivity index (χ1v) is 9.02. The van der Waals surface area contributed by atoms with Gasteiger partial charge in [0.1, 0.15) is 12.4 Å². The van der Waals surface area contributed by atoms with E-state index in [2.05, 4.69) is 23.8 Å². The van der Waals surface area contributed by atoms with E-state index in [0.717, 1.165) is 11.3 Å². The van der Waals surface area contributed by atoms with Gasteiger partial charge in [-0.2, -0.15) is 0 Å². The van der Waals surface area contributed by atoms with Crippen molar-refractivity contribution in [3.63, 3.8) is 0 Å². The van der Waals surface area contributed by atoms with Gasteiger partial charge in [-0.05, 0) is 38.3 Å².